The van der Waals surface area contributed by atoms with Crippen LogP contribution in [0.5, 0.6) is 5.75 Å². The standard InChI is InChI=1S/C10H9F3O2/c1-6(14)4-7-2-3-9(15)8(5-7)10(11,12)13/h2-3,5,15H,4H2,1H3. The summed E-state index contributed by atoms with van der Waals surface area (Å²) in [4.78, 5) is 10.7. The van der Waals surface area contributed by atoms with E-state index in [1.807, 2.05) is 0 Å². The van der Waals surface area contributed by atoms with E-state index in [1.54, 1.807) is 0 Å². The Morgan fingerprint density at radius 1 is 1.40 bits per heavy atom. The molecule has 0 aromatic heterocycles. The first-order valence-corrected chi connectivity index (χ1v) is 4.19. The van der Waals surface area contributed by atoms with Crippen LogP contribution in [0.3, 0.4) is 0 Å². The van der Waals surface area contributed by atoms with Gasteiger partial charge in [-0.05, 0) is 24.6 Å². The first-order valence-electron chi connectivity index (χ1n) is 4.19. The Bertz CT molecular complexity index is 383. The van der Waals surface area contributed by atoms with Crippen LogP contribution in [0.25, 0.3) is 0 Å². The molecule has 1 aromatic carbocycles. The molecular formula is C10H9F3O2. The number of Topliss-reactive ketones (excluding diaryl/α,β-unsaturated/α-hetero) is 1. The number of rotatable bonds is 2. The van der Waals surface area contributed by atoms with Crippen molar-refractivity contribution in [3.63, 3.8) is 0 Å². The second-order valence-corrected chi connectivity index (χ2v) is 3.23. The van der Waals surface area contributed by atoms with E-state index < -0.39 is 17.5 Å². The summed E-state index contributed by atoms with van der Waals surface area (Å²) in [5.74, 6) is -1.05. The van der Waals surface area contributed by atoms with Gasteiger partial charge in [0.25, 0.3) is 0 Å². The first kappa shape index (κ1) is 11.6. The number of hydrogen-bond donors (Lipinski definition) is 1. The fraction of sp³-hybridized carbons (Fsp3) is 0.300. The van der Waals surface area contributed by atoms with Gasteiger partial charge in [-0.15, -0.1) is 0 Å². The summed E-state index contributed by atoms with van der Waals surface area (Å²) in [5.41, 5.74) is -0.867. The van der Waals surface area contributed by atoms with Crippen molar-refractivity contribution in [3.05, 3.63) is 29.3 Å². The summed E-state index contributed by atoms with van der Waals surface area (Å²) in [6.45, 7) is 1.29. The van der Waals surface area contributed by atoms with Gasteiger partial charge in [-0.1, -0.05) is 6.07 Å². The molecule has 0 unspecified atom stereocenters. The highest BCUT2D eigenvalue weighted by Gasteiger charge is 2.33. The second-order valence-electron chi connectivity index (χ2n) is 3.23. The van der Waals surface area contributed by atoms with Crippen LogP contribution >= 0.6 is 0 Å². The lowest BCUT2D eigenvalue weighted by Crippen LogP contribution is -2.07. The molecule has 0 aliphatic heterocycles. The Morgan fingerprint density at radius 2 is 2.00 bits per heavy atom. The Kier molecular flexibility index (Phi) is 3.02. The van der Waals surface area contributed by atoms with Crippen molar-refractivity contribution in [2.75, 3.05) is 0 Å². The van der Waals surface area contributed by atoms with Crippen molar-refractivity contribution in [1.29, 1.82) is 0 Å². The summed E-state index contributed by atoms with van der Waals surface area (Å²) in [6.07, 6.45) is -4.67. The van der Waals surface area contributed by atoms with E-state index in [1.165, 1.54) is 13.0 Å². The minimum atomic E-state index is -4.60. The zero-order valence-electron chi connectivity index (χ0n) is 7.93. The summed E-state index contributed by atoms with van der Waals surface area (Å²) in [7, 11) is 0. The molecule has 5 heteroatoms. The lowest BCUT2D eigenvalue weighted by Gasteiger charge is -2.10. The van der Waals surface area contributed by atoms with Crippen LogP contribution in [0.4, 0.5) is 13.2 Å². The van der Waals surface area contributed by atoms with Crippen molar-refractivity contribution >= 4 is 5.78 Å². The van der Waals surface area contributed by atoms with Gasteiger partial charge in [-0.25, -0.2) is 0 Å². The number of carbonyl (C=O) groups is 1. The summed E-state index contributed by atoms with van der Waals surface area (Å²) in [5, 5.41) is 9.00. The molecule has 1 aromatic rings. The van der Waals surface area contributed by atoms with Crippen LogP contribution in [-0.2, 0) is 17.4 Å². The van der Waals surface area contributed by atoms with E-state index >= 15 is 0 Å². The Hall–Kier alpha value is -1.52. The maximum absolute atomic E-state index is 12.3. The molecule has 0 radical (unpaired) electrons. The Morgan fingerprint density at radius 3 is 2.47 bits per heavy atom. The van der Waals surface area contributed by atoms with Crippen LogP contribution in [0.2, 0.25) is 0 Å². The van der Waals surface area contributed by atoms with Gasteiger partial charge >= 0.3 is 6.18 Å². The average molecular weight is 218 g/mol. The van der Waals surface area contributed by atoms with Gasteiger partial charge < -0.3 is 5.11 Å². The van der Waals surface area contributed by atoms with Crippen molar-refractivity contribution < 1.29 is 23.1 Å². The minimum absolute atomic E-state index is 0.0661. The number of hydrogen-bond acceptors (Lipinski definition) is 2. The highest BCUT2D eigenvalue weighted by atomic mass is 19.4. The van der Waals surface area contributed by atoms with E-state index in [0.29, 0.717) is 0 Å². The fourth-order valence-electron chi connectivity index (χ4n) is 1.21. The predicted molar refractivity (Wildman–Crippen MR) is 47.5 cm³/mol. The first-order chi connectivity index (χ1) is 6.80. The van der Waals surface area contributed by atoms with Crippen LogP contribution < -0.4 is 0 Å². The molecule has 0 amide bonds. The van der Waals surface area contributed by atoms with Gasteiger partial charge in [0.1, 0.15) is 11.5 Å². The normalized spacial score (nSPS) is 11.5. The molecule has 0 bridgehead atoms. The number of benzene rings is 1. The third kappa shape index (κ3) is 2.97. The van der Waals surface area contributed by atoms with Crippen molar-refractivity contribution in [2.24, 2.45) is 0 Å². The number of aromatic hydroxyl groups is 1. The number of phenolic OH excluding ortho intramolecular Hbond substituents is 1. The largest absolute Gasteiger partial charge is 0.507 e. The van der Waals surface area contributed by atoms with E-state index in [2.05, 4.69) is 0 Å². The Labute approximate surface area is 84.3 Å². The highest BCUT2D eigenvalue weighted by molar-refractivity contribution is 5.78. The molecule has 2 nitrogen and oxygen atoms in total. The zero-order valence-corrected chi connectivity index (χ0v) is 7.93. The monoisotopic (exact) mass is 218 g/mol. The van der Waals surface area contributed by atoms with Crippen molar-refractivity contribution in [2.45, 2.75) is 19.5 Å². The molecular weight excluding hydrogens is 209 g/mol. The van der Waals surface area contributed by atoms with Gasteiger partial charge in [0.15, 0.2) is 0 Å². The molecule has 1 rings (SSSR count). The Balaban J connectivity index is 3.11. The van der Waals surface area contributed by atoms with E-state index in [-0.39, 0.29) is 17.8 Å². The lowest BCUT2D eigenvalue weighted by atomic mass is 10.1. The number of halogens is 3. The van der Waals surface area contributed by atoms with E-state index in [0.717, 1.165) is 12.1 Å². The van der Waals surface area contributed by atoms with Crippen molar-refractivity contribution in [1.82, 2.24) is 0 Å². The third-order valence-corrected chi connectivity index (χ3v) is 1.82. The molecule has 1 N–H and O–H groups in total. The number of ketones is 1. The smallest absolute Gasteiger partial charge is 0.419 e. The van der Waals surface area contributed by atoms with Crippen LogP contribution in [0.15, 0.2) is 18.2 Å². The van der Waals surface area contributed by atoms with Gasteiger partial charge in [0, 0.05) is 6.42 Å². The maximum atomic E-state index is 12.3. The van der Waals surface area contributed by atoms with Gasteiger partial charge in [-0.3, -0.25) is 4.79 Å². The second kappa shape index (κ2) is 3.92. The molecule has 15 heavy (non-hydrogen) atoms. The molecule has 0 aliphatic rings. The van der Waals surface area contributed by atoms with Gasteiger partial charge in [0.05, 0.1) is 5.56 Å². The molecule has 0 heterocycles. The predicted octanol–water partition coefficient (Wildman–Crippen LogP) is 2.54. The third-order valence-electron chi connectivity index (χ3n) is 1.82. The van der Waals surface area contributed by atoms with Crippen LogP contribution in [0, 0.1) is 0 Å². The molecule has 0 fully saturated rings. The zero-order chi connectivity index (χ0) is 11.6. The van der Waals surface area contributed by atoms with E-state index in [9.17, 15) is 18.0 Å². The quantitative estimate of drug-likeness (QED) is 0.828. The van der Waals surface area contributed by atoms with E-state index in [4.69, 9.17) is 5.11 Å². The summed E-state index contributed by atoms with van der Waals surface area (Å²) >= 11 is 0. The highest BCUT2D eigenvalue weighted by Crippen LogP contribution is 2.36. The van der Waals surface area contributed by atoms with Crippen molar-refractivity contribution in [3.8, 4) is 5.75 Å². The topological polar surface area (TPSA) is 37.3 Å². The average Bonchev–Trinajstić information content (AvgIpc) is 2.05. The maximum Gasteiger partial charge on any atom is 0.419 e. The molecule has 0 saturated carbocycles. The molecule has 0 saturated heterocycles. The summed E-state index contributed by atoms with van der Waals surface area (Å²) in [6, 6.07) is 3.03. The lowest BCUT2D eigenvalue weighted by molar-refractivity contribution is -0.138. The summed E-state index contributed by atoms with van der Waals surface area (Å²) < 4.78 is 37.0. The molecule has 0 atom stereocenters. The number of alkyl halides is 3. The molecule has 0 aliphatic carbocycles. The number of carbonyl (C=O) groups excluding carboxylic acids is 1. The number of phenols is 1. The van der Waals surface area contributed by atoms with Gasteiger partial charge in [0.2, 0.25) is 0 Å². The van der Waals surface area contributed by atoms with Crippen LogP contribution in [0.1, 0.15) is 18.1 Å². The minimum Gasteiger partial charge on any atom is -0.507 e. The van der Waals surface area contributed by atoms with Gasteiger partial charge in [-0.2, -0.15) is 13.2 Å². The molecule has 82 valence electrons. The van der Waals surface area contributed by atoms with Crippen LogP contribution in [-0.4, -0.2) is 10.9 Å². The SMILES string of the molecule is CC(=O)Cc1ccc(O)c(C(F)(F)F)c1. The molecule has 0 spiro atoms. The fourth-order valence-corrected chi connectivity index (χ4v) is 1.21.